The van der Waals surface area contributed by atoms with Crippen LogP contribution in [0.15, 0.2) is 48.5 Å². The molecule has 4 nitrogen and oxygen atoms in total. The van der Waals surface area contributed by atoms with Crippen LogP contribution in [0.25, 0.3) is 0 Å². The molecule has 1 amide bonds. The number of carbonyl (C=O) groups is 1. The zero-order valence-electron chi connectivity index (χ0n) is 14.9. The zero-order chi connectivity index (χ0) is 17.9. The number of hydrogen-bond acceptors (Lipinski definition) is 3. The molecule has 1 atom stereocenters. The van der Waals surface area contributed by atoms with Crippen molar-refractivity contribution in [1.82, 2.24) is 9.80 Å². The van der Waals surface area contributed by atoms with Gasteiger partial charge in [0.1, 0.15) is 0 Å². The molecule has 2 aromatic carbocycles. The van der Waals surface area contributed by atoms with E-state index >= 15 is 0 Å². The number of piperazine rings is 1. The molecule has 2 aromatic rings. The van der Waals surface area contributed by atoms with E-state index in [9.17, 15) is 4.79 Å². The van der Waals surface area contributed by atoms with Gasteiger partial charge in [0.25, 0.3) is 5.91 Å². The highest BCUT2D eigenvalue weighted by Crippen LogP contribution is 2.25. The van der Waals surface area contributed by atoms with E-state index in [2.05, 4.69) is 35.2 Å². The van der Waals surface area contributed by atoms with Crippen LogP contribution in [0.3, 0.4) is 0 Å². The highest BCUT2D eigenvalue weighted by molar-refractivity contribution is 5.94. The van der Waals surface area contributed by atoms with Gasteiger partial charge < -0.3 is 4.90 Å². The fourth-order valence-electron chi connectivity index (χ4n) is 4.15. The number of fused-ring (bicyclic) bond motifs is 1. The van der Waals surface area contributed by atoms with Gasteiger partial charge in [-0.3, -0.25) is 9.69 Å². The fraction of sp³-hybridized carbons (Fsp3) is 0.364. The summed E-state index contributed by atoms with van der Waals surface area (Å²) in [5.41, 5.74) is 4.24. The topological polar surface area (TPSA) is 47.3 Å². The SMILES string of the molecule is N#Cc1ccc(C(=O)N2CCN([C@@H]3CCc4ccccc4C3)CC2)cc1. The van der Waals surface area contributed by atoms with E-state index in [4.69, 9.17) is 5.26 Å². The Hall–Kier alpha value is -2.64. The quantitative estimate of drug-likeness (QED) is 0.841. The molecule has 0 unspecified atom stereocenters. The van der Waals surface area contributed by atoms with Gasteiger partial charge in [0.05, 0.1) is 11.6 Å². The van der Waals surface area contributed by atoms with Crippen LogP contribution in [0, 0.1) is 11.3 Å². The second-order valence-corrected chi connectivity index (χ2v) is 7.18. The lowest BCUT2D eigenvalue weighted by Gasteiger charge is -2.41. The van der Waals surface area contributed by atoms with Crippen LogP contribution >= 0.6 is 0 Å². The number of aryl methyl sites for hydroxylation is 1. The van der Waals surface area contributed by atoms with Crippen LogP contribution in [0.5, 0.6) is 0 Å². The number of amides is 1. The van der Waals surface area contributed by atoms with E-state index in [0.717, 1.165) is 39.0 Å². The van der Waals surface area contributed by atoms with Gasteiger partial charge in [-0.2, -0.15) is 5.26 Å². The predicted octanol–water partition coefficient (Wildman–Crippen LogP) is 2.87. The molecule has 0 spiro atoms. The molecule has 2 aliphatic rings. The first-order valence-corrected chi connectivity index (χ1v) is 9.35. The van der Waals surface area contributed by atoms with Crippen molar-refractivity contribution in [2.24, 2.45) is 0 Å². The average molecular weight is 345 g/mol. The predicted molar refractivity (Wildman–Crippen MR) is 101 cm³/mol. The third-order valence-corrected chi connectivity index (χ3v) is 5.70. The Labute approximate surface area is 154 Å². The Morgan fingerprint density at radius 1 is 0.962 bits per heavy atom. The first kappa shape index (κ1) is 16.8. The zero-order valence-corrected chi connectivity index (χ0v) is 14.9. The lowest BCUT2D eigenvalue weighted by atomic mass is 9.87. The highest BCUT2D eigenvalue weighted by atomic mass is 16.2. The first-order valence-electron chi connectivity index (χ1n) is 9.35. The molecule has 1 saturated heterocycles. The van der Waals surface area contributed by atoms with Crippen molar-refractivity contribution in [2.75, 3.05) is 26.2 Å². The Kier molecular flexibility index (Phi) is 4.73. The summed E-state index contributed by atoms with van der Waals surface area (Å²) in [6, 6.07) is 18.4. The number of benzene rings is 2. The largest absolute Gasteiger partial charge is 0.336 e. The molecular formula is C22H23N3O. The van der Waals surface area contributed by atoms with E-state index in [1.807, 2.05) is 4.90 Å². The normalized spacial score (nSPS) is 20.3. The molecule has 0 N–H and O–H groups in total. The van der Waals surface area contributed by atoms with Crippen molar-refractivity contribution in [3.63, 3.8) is 0 Å². The molecule has 0 aromatic heterocycles. The lowest BCUT2D eigenvalue weighted by molar-refractivity contribution is 0.0553. The monoisotopic (exact) mass is 345 g/mol. The number of carbonyl (C=O) groups excluding carboxylic acids is 1. The summed E-state index contributed by atoms with van der Waals surface area (Å²) in [6.07, 6.45) is 3.49. The third-order valence-electron chi connectivity index (χ3n) is 5.70. The van der Waals surface area contributed by atoms with Crippen LogP contribution in [-0.2, 0) is 12.8 Å². The van der Waals surface area contributed by atoms with Gasteiger partial charge in [-0.1, -0.05) is 24.3 Å². The summed E-state index contributed by atoms with van der Waals surface area (Å²) in [4.78, 5) is 17.2. The Bertz CT molecular complexity index is 829. The molecule has 0 bridgehead atoms. The molecule has 4 rings (SSSR count). The maximum Gasteiger partial charge on any atom is 0.253 e. The summed E-state index contributed by atoms with van der Waals surface area (Å²) in [6.45, 7) is 3.43. The molecule has 1 aliphatic heterocycles. The molecule has 1 heterocycles. The summed E-state index contributed by atoms with van der Waals surface area (Å²) < 4.78 is 0. The minimum atomic E-state index is 0.0723. The minimum absolute atomic E-state index is 0.0723. The molecule has 1 fully saturated rings. The lowest BCUT2D eigenvalue weighted by Crippen LogP contribution is -2.53. The van der Waals surface area contributed by atoms with Gasteiger partial charge in [-0.25, -0.2) is 0 Å². The van der Waals surface area contributed by atoms with Crippen molar-refractivity contribution < 1.29 is 4.79 Å². The fourth-order valence-corrected chi connectivity index (χ4v) is 4.15. The van der Waals surface area contributed by atoms with Crippen molar-refractivity contribution in [3.05, 3.63) is 70.8 Å². The van der Waals surface area contributed by atoms with Crippen LogP contribution in [0.2, 0.25) is 0 Å². The first-order chi connectivity index (χ1) is 12.7. The number of hydrogen-bond donors (Lipinski definition) is 0. The summed E-state index contributed by atoms with van der Waals surface area (Å²) in [5, 5.41) is 8.88. The van der Waals surface area contributed by atoms with E-state index < -0.39 is 0 Å². The van der Waals surface area contributed by atoms with Gasteiger partial charge in [-0.15, -0.1) is 0 Å². The Morgan fingerprint density at radius 2 is 1.65 bits per heavy atom. The maximum absolute atomic E-state index is 12.7. The minimum Gasteiger partial charge on any atom is -0.336 e. The van der Waals surface area contributed by atoms with Gasteiger partial charge in [-0.05, 0) is 54.7 Å². The Morgan fingerprint density at radius 3 is 2.35 bits per heavy atom. The van der Waals surface area contributed by atoms with Crippen LogP contribution in [-0.4, -0.2) is 47.9 Å². The third kappa shape index (κ3) is 3.36. The van der Waals surface area contributed by atoms with Crippen LogP contribution in [0.1, 0.15) is 33.5 Å². The van der Waals surface area contributed by atoms with Crippen molar-refractivity contribution >= 4 is 5.91 Å². The van der Waals surface area contributed by atoms with E-state index in [0.29, 0.717) is 17.2 Å². The van der Waals surface area contributed by atoms with Crippen LogP contribution in [0.4, 0.5) is 0 Å². The van der Waals surface area contributed by atoms with E-state index in [-0.39, 0.29) is 5.91 Å². The smallest absolute Gasteiger partial charge is 0.253 e. The summed E-state index contributed by atoms with van der Waals surface area (Å²) in [5.74, 6) is 0.0723. The number of nitrogens with zero attached hydrogens (tertiary/aromatic N) is 3. The Balaban J connectivity index is 1.35. The molecular weight excluding hydrogens is 322 g/mol. The van der Waals surface area contributed by atoms with E-state index in [1.165, 1.54) is 17.5 Å². The van der Waals surface area contributed by atoms with Gasteiger partial charge >= 0.3 is 0 Å². The van der Waals surface area contributed by atoms with E-state index in [1.54, 1.807) is 24.3 Å². The maximum atomic E-state index is 12.7. The molecule has 132 valence electrons. The standard InChI is InChI=1S/C22H23N3O/c23-16-17-5-7-19(8-6-17)22(26)25-13-11-24(12-14-25)21-10-9-18-3-1-2-4-20(18)15-21/h1-8,21H,9-15H2/t21-/m1/s1. The second kappa shape index (κ2) is 7.31. The molecule has 26 heavy (non-hydrogen) atoms. The summed E-state index contributed by atoms with van der Waals surface area (Å²) >= 11 is 0. The molecule has 0 radical (unpaired) electrons. The van der Waals surface area contributed by atoms with Crippen molar-refractivity contribution in [1.29, 1.82) is 5.26 Å². The average Bonchev–Trinajstić information content (AvgIpc) is 2.73. The molecule has 0 saturated carbocycles. The number of rotatable bonds is 2. The van der Waals surface area contributed by atoms with Crippen molar-refractivity contribution in [3.8, 4) is 6.07 Å². The molecule has 4 heteroatoms. The van der Waals surface area contributed by atoms with Gasteiger partial charge in [0.15, 0.2) is 0 Å². The van der Waals surface area contributed by atoms with Gasteiger partial charge in [0, 0.05) is 37.8 Å². The van der Waals surface area contributed by atoms with Gasteiger partial charge in [0.2, 0.25) is 0 Å². The van der Waals surface area contributed by atoms with Crippen molar-refractivity contribution in [2.45, 2.75) is 25.3 Å². The summed E-state index contributed by atoms with van der Waals surface area (Å²) in [7, 11) is 0. The van der Waals surface area contributed by atoms with Crippen LogP contribution < -0.4 is 0 Å². The second-order valence-electron chi connectivity index (χ2n) is 7.18. The number of nitriles is 1. The highest BCUT2D eigenvalue weighted by Gasteiger charge is 2.28. The molecule has 1 aliphatic carbocycles.